The van der Waals surface area contributed by atoms with Crippen LogP contribution in [0.1, 0.15) is 36.0 Å². The number of hydrogen-bond donors (Lipinski definition) is 2. The molecule has 2 N–H and O–H groups in total. The van der Waals surface area contributed by atoms with Crippen LogP contribution >= 0.6 is 0 Å². The van der Waals surface area contributed by atoms with Crippen molar-refractivity contribution >= 4 is 23.2 Å². The summed E-state index contributed by atoms with van der Waals surface area (Å²) >= 11 is 0. The van der Waals surface area contributed by atoms with E-state index in [4.69, 9.17) is 9.47 Å². The maximum atomic E-state index is 13.8. The number of nitrogens with zero attached hydrogens (tertiary/aromatic N) is 1. The van der Waals surface area contributed by atoms with Crippen molar-refractivity contribution in [2.45, 2.75) is 44.7 Å². The second kappa shape index (κ2) is 7.52. The van der Waals surface area contributed by atoms with Crippen LogP contribution in [0, 0.1) is 19.8 Å². The lowest BCUT2D eigenvalue weighted by atomic mass is 9.77. The van der Waals surface area contributed by atoms with E-state index in [1.165, 1.54) is 0 Å². The van der Waals surface area contributed by atoms with Gasteiger partial charge in [-0.2, -0.15) is 0 Å². The molecule has 0 aliphatic carbocycles. The second-order valence-electron chi connectivity index (χ2n) is 9.06. The molecule has 2 fully saturated rings. The first-order chi connectivity index (χ1) is 15.4. The molecule has 3 atom stereocenters. The monoisotopic (exact) mass is 435 g/mol. The lowest BCUT2D eigenvalue weighted by molar-refractivity contribution is -0.135. The molecule has 0 bridgehead atoms. The van der Waals surface area contributed by atoms with E-state index >= 15 is 0 Å². The number of methoxy groups -OCH3 is 2. The fourth-order valence-corrected chi connectivity index (χ4v) is 6.01. The smallest absolute Gasteiger partial charge is 0.250 e. The number of amides is 2. The Bertz CT molecular complexity index is 1110. The Labute approximate surface area is 188 Å². The van der Waals surface area contributed by atoms with Gasteiger partial charge in [0.1, 0.15) is 17.0 Å². The quantitative estimate of drug-likeness (QED) is 0.767. The average Bonchev–Trinajstić information content (AvgIpc) is 3.43. The van der Waals surface area contributed by atoms with Crippen LogP contribution in [-0.4, -0.2) is 43.5 Å². The molecule has 7 heteroatoms. The summed E-state index contributed by atoms with van der Waals surface area (Å²) in [6, 6.07) is 9.67. The first-order valence-corrected chi connectivity index (χ1v) is 11.1. The molecular weight excluding hydrogens is 406 g/mol. The number of anilines is 2. The summed E-state index contributed by atoms with van der Waals surface area (Å²) in [7, 11) is 3.15. The van der Waals surface area contributed by atoms with Crippen molar-refractivity contribution in [1.82, 2.24) is 4.90 Å². The summed E-state index contributed by atoms with van der Waals surface area (Å²) < 4.78 is 10.8. The van der Waals surface area contributed by atoms with E-state index in [9.17, 15) is 9.59 Å². The van der Waals surface area contributed by atoms with Crippen molar-refractivity contribution in [2.24, 2.45) is 5.92 Å². The zero-order chi connectivity index (χ0) is 22.6. The number of ether oxygens (including phenoxy) is 2. The van der Waals surface area contributed by atoms with Gasteiger partial charge in [-0.1, -0.05) is 17.7 Å². The number of nitrogens with one attached hydrogen (secondary N) is 2. The van der Waals surface area contributed by atoms with Crippen LogP contribution in [0.15, 0.2) is 30.3 Å². The number of rotatable bonds is 4. The van der Waals surface area contributed by atoms with Gasteiger partial charge in [0.15, 0.2) is 0 Å². The molecule has 2 aromatic carbocycles. The predicted molar refractivity (Wildman–Crippen MR) is 122 cm³/mol. The first kappa shape index (κ1) is 20.8. The first-order valence-electron chi connectivity index (χ1n) is 11.1. The van der Waals surface area contributed by atoms with E-state index in [1.54, 1.807) is 32.4 Å². The number of carbonyl (C=O) groups excluding carboxylic acids is 2. The van der Waals surface area contributed by atoms with Crippen LogP contribution in [0.5, 0.6) is 11.5 Å². The summed E-state index contributed by atoms with van der Waals surface area (Å²) in [5.41, 5.74) is 3.46. The molecule has 2 aromatic rings. The fraction of sp³-hybridized carbons (Fsp3) is 0.440. The molecular formula is C25H29N3O4. The standard InChI is InChI=1S/C25H29N3O4/c1-14-10-15(2)22-18(11-14)25(24(30)27-22)19(12-16-6-5-9-28(16)25)23(29)26-20-13-17(31-3)7-8-21(20)32-4/h7-8,10-11,13,16,19H,5-6,9,12H2,1-4H3,(H,26,29)(H,27,30)/t16-,19-,25+/m1/s1. The van der Waals surface area contributed by atoms with Crippen molar-refractivity contribution in [3.05, 3.63) is 47.0 Å². The predicted octanol–water partition coefficient (Wildman–Crippen LogP) is 3.59. The highest BCUT2D eigenvalue weighted by Gasteiger charge is 2.65. The Hall–Kier alpha value is -3.06. The maximum absolute atomic E-state index is 13.8. The van der Waals surface area contributed by atoms with E-state index < -0.39 is 11.5 Å². The number of carbonyl (C=O) groups is 2. The van der Waals surface area contributed by atoms with E-state index in [-0.39, 0.29) is 17.9 Å². The van der Waals surface area contributed by atoms with Crippen molar-refractivity contribution in [3.63, 3.8) is 0 Å². The molecule has 2 saturated heterocycles. The average molecular weight is 436 g/mol. The molecule has 7 nitrogen and oxygen atoms in total. The minimum atomic E-state index is -0.983. The Morgan fingerprint density at radius 1 is 1.19 bits per heavy atom. The van der Waals surface area contributed by atoms with Crippen molar-refractivity contribution < 1.29 is 19.1 Å². The third kappa shape index (κ3) is 2.84. The third-order valence-corrected chi connectivity index (χ3v) is 7.30. The van der Waals surface area contributed by atoms with Gasteiger partial charge in [0.2, 0.25) is 11.8 Å². The zero-order valence-corrected chi connectivity index (χ0v) is 19.0. The zero-order valence-electron chi connectivity index (χ0n) is 19.0. The van der Waals surface area contributed by atoms with Gasteiger partial charge in [0, 0.05) is 23.4 Å². The van der Waals surface area contributed by atoms with Gasteiger partial charge in [-0.3, -0.25) is 14.5 Å². The number of fused-ring (bicyclic) bond motifs is 4. The highest BCUT2D eigenvalue weighted by Crippen LogP contribution is 2.56. The molecule has 0 aromatic heterocycles. The Morgan fingerprint density at radius 3 is 2.75 bits per heavy atom. The summed E-state index contributed by atoms with van der Waals surface area (Å²) in [6.07, 6.45) is 2.69. The fourth-order valence-electron chi connectivity index (χ4n) is 6.01. The highest BCUT2D eigenvalue weighted by atomic mass is 16.5. The van der Waals surface area contributed by atoms with Gasteiger partial charge in [0.25, 0.3) is 0 Å². The molecule has 168 valence electrons. The van der Waals surface area contributed by atoms with Gasteiger partial charge in [-0.25, -0.2) is 0 Å². The molecule has 5 rings (SSSR count). The highest BCUT2D eigenvalue weighted by molar-refractivity contribution is 6.11. The summed E-state index contributed by atoms with van der Waals surface area (Å²) in [6.45, 7) is 4.87. The van der Waals surface area contributed by atoms with Crippen LogP contribution in [0.3, 0.4) is 0 Å². The Balaban J connectivity index is 1.60. The van der Waals surface area contributed by atoms with Gasteiger partial charge in [0.05, 0.1) is 25.8 Å². The van der Waals surface area contributed by atoms with Crippen LogP contribution in [0.4, 0.5) is 11.4 Å². The maximum Gasteiger partial charge on any atom is 0.250 e. The lowest BCUT2D eigenvalue weighted by Crippen LogP contribution is -2.53. The van der Waals surface area contributed by atoms with E-state index in [0.717, 1.165) is 41.8 Å². The Kier molecular flexibility index (Phi) is 4.89. The summed E-state index contributed by atoms with van der Waals surface area (Å²) in [5, 5.41) is 6.17. The molecule has 0 unspecified atom stereocenters. The van der Waals surface area contributed by atoms with Gasteiger partial charge in [-0.05, 0) is 57.4 Å². The Morgan fingerprint density at radius 2 is 2.00 bits per heavy atom. The van der Waals surface area contributed by atoms with E-state index in [0.29, 0.717) is 23.6 Å². The summed E-state index contributed by atoms with van der Waals surface area (Å²) in [5.74, 6) is 0.398. The minimum absolute atomic E-state index is 0.0941. The SMILES string of the molecule is COc1ccc(OC)c(NC(=O)[C@H]2C[C@H]3CCCN3[C@]23C(=O)Nc2c(C)cc(C)cc23)c1. The van der Waals surface area contributed by atoms with Crippen LogP contribution < -0.4 is 20.1 Å². The lowest BCUT2D eigenvalue weighted by Gasteiger charge is -2.36. The molecule has 32 heavy (non-hydrogen) atoms. The van der Waals surface area contributed by atoms with Crippen LogP contribution in [-0.2, 0) is 15.1 Å². The van der Waals surface area contributed by atoms with E-state index in [2.05, 4.69) is 27.7 Å². The van der Waals surface area contributed by atoms with Crippen molar-refractivity contribution in [2.75, 3.05) is 31.4 Å². The molecule has 0 radical (unpaired) electrons. The van der Waals surface area contributed by atoms with Gasteiger partial charge >= 0.3 is 0 Å². The molecule has 0 saturated carbocycles. The number of aryl methyl sites for hydroxylation is 2. The van der Waals surface area contributed by atoms with E-state index in [1.807, 2.05) is 13.8 Å². The van der Waals surface area contributed by atoms with Crippen LogP contribution in [0.2, 0.25) is 0 Å². The molecule has 2 amide bonds. The van der Waals surface area contributed by atoms with Crippen molar-refractivity contribution in [3.8, 4) is 11.5 Å². The molecule has 1 spiro atoms. The molecule has 3 aliphatic rings. The topological polar surface area (TPSA) is 79.9 Å². The number of hydrogen-bond acceptors (Lipinski definition) is 5. The van der Waals surface area contributed by atoms with Crippen molar-refractivity contribution in [1.29, 1.82) is 0 Å². The molecule has 3 aliphatic heterocycles. The summed E-state index contributed by atoms with van der Waals surface area (Å²) in [4.78, 5) is 29.7. The van der Waals surface area contributed by atoms with Gasteiger partial charge in [-0.15, -0.1) is 0 Å². The largest absolute Gasteiger partial charge is 0.497 e. The van der Waals surface area contributed by atoms with Gasteiger partial charge < -0.3 is 20.1 Å². The minimum Gasteiger partial charge on any atom is -0.497 e. The second-order valence-corrected chi connectivity index (χ2v) is 9.06. The third-order valence-electron chi connectivity index (χ3n) is 7.30. The molecule has 3 heterocycles. The normalized spacial score (nSPS) is 26.1. The van der Waals surface area contributed by atoms with Crippen LogP contribution in [0.25, 0.3) is 0 Å². The number of benzene rings is 2.